The van der Waals surface area contributed by atoms with E-state index in [9.17, 15) is 8.78 Å². The zero-order valence-electron chi connectivity index (χ0n) is 9.65. The Labute approximate surface area is 103 Å². The second-order valence-corrected chi connectivity index (χ2v) is 5.71. The van der Waals surface area contributed by atoms with E-state index in [1.165, 1.54) is 6.07 Å². The fraction of sp³-hybridized carbons (Fsp3) is 0.500. The zero-order chi connectivity index (χ0) is 12.6. The Balaban J connectivity index is 3.40. The molecule has 0 aromatic heterocycles. The van der Waals surface area contributed by atoms with Crippen molar-refractivity contribution in [1.82, 2.24) is 0 Å². The first-order valence-corrected chi connectivity index (χ1v) is 5.87. The highest BCUT2D eigenvalue weighted by atomic mass is 79.9. The van der Waals surface area contributed by atoms with Gasteiger partial charge < -0.3 is 5.73 Å². The van der Waals surface area contributed by atoms with Crippen LogP contribution in [0.5, 0.6) is 0 Å². The van der Waals surface area contributed by atoms with Crippen molar-refractivity contribution in [2.45, 2.75) is 26.4 Å². The van der Waals surface area contributed by atoms with Crippen molar-refractivity contribution in [1.29, 1.82) is 0 Å². The van der Waals surface area contributed by atoms with Crippen LogP contribution in [-0.2, 0) is 5.67 Å². The molecule has 0 radical (unpaired) electrons. The highest BCUT2D eigenvalue weighted by molar-refractivity contribution is 9.10. The lowest BCUT2D eigenvalue weighted by atomic mass is 9.73. The molecule has 90 valence electrons. The minimum Gasteiger partial charge on any atom is -0.327 e. The lowest BCUT2D eigenvalue weighted by Gasteiger charge is -2.37. The van der Waals surface area contributed by atoms with Crippen LogP contribution in [-0.4, -0.2) is 6.54 Å². The van der Waals surface area contributed by atoms with Gasteiger partial charge in [-0.25, -0.2) is 8.78 Å². The summed E-state index contributed by atoms with van der Waals surface area (Å²) in [7, 11) is 0. The van der Waals surface area contributed by atoms with Crippen LogP contribution in [0.15, 0.2) is 22.7 Å². The largest absolute Gasteiger partial charge is 0.327 e. The topological polar surface area (TPSA) is 26.0 Å². The number of hydrogen-bond donors (Lipinski definition) is 1. The molecule has 0 aliphatic carbocycles. The molecule has 0 aliphatic rings. The zero-order valence-corrected chi connectivity index (χ0v) is 11.2. The predicted molar refractivity (Wildman–Crippen MR) is 65.4 cm³/mol. The second kappa shape index (κ2) is 4.41. The summed E-state index contributed by atoms with van der Waals surface area (Å²) >= 11 is 3.05. The summed E-state index contributed by atoms with van der Waals surface area (Å²) in [4.78, 5) is 0. The average Bonchev–Trinajstić information content (AvgIpc) is 2.19. The molecular formula is C12H16BrF2N. The molecule has 0 saturated carbocycles. The molecule has 1 aromatic rings. The standard InChI is InChI=1S/C12H16BrF2N/c1-11(2,3)12(15,7-16)8-5-4-6-9(13)10(8)14/h4-6H,7,16H2,1-3H3. The number of rotatable bonds is 2. The van der Waals surface area contributed by atoms with Gasteiger partial charge in [0, 0.05) is 17.5 Å². The van der Waals surface area contributed by atoms with E-state index in [1.54, 1.807) is 32.9 Å². The van der Waals surface area contributed by atoms with E-state index in [4.69, 9.17) is 5.73 Å². The first kappa shape index (κ1) is 13.6. The van der Waals surface area contributed by atoms with Crippen LogP contribution in [0.3, 0.4) is 0 Å². The summed E-state index contributed by atoms with van der Waals surface area (Å²) in [6.45, 7) is 4.88. The molecule has 4 heteroatoms. The maximum atomic E-state index is 14.8. The molecular weight excluding hydrogens is 276 g/mol. The summed E-state index contributed by atoms with van der Waals surface area (Å²) in [6.07, 6.45) is 0. The molecule has 16 heavy (non-hydrogen) atoms. The molecule has 0 fully saturated rings. The molecule has 0 amide bonds. The van der Waals surface area contributed by atoms with E-state index < -0.39 is 16.9 Å². The van der Waals surface area contributed by atoms with Gasteiger partial charge in [-0.3, -0.25) is 0 Å². The Kier molecular flexibility index (Phi) is 3.75. The second-order valence-electron chi connectivity index (χ2n) is 4.86. The first-order valence-electron chi connectivity index (χ1n) is 5.07. The fourth-order valence-electron chi connectivity index (χ4n) is 1.63. The van der Waals surface area contributed by atoms with Crippen molar-refractivity contribution in [3.8, 4) is 0 Å². The van der Waals surface area contributed by atoms with Gasteiger partial charge >= 0.3 is 0 Å². The van der Waals surface area contributed by atoms with Gasteiger partial charge in [0.15, 0.2) is 5.67 Å². The lowest BCUT2D eigenvalue weighted by molar-refractivity contribution is 0.0306. The van der Waals surface area contributed by atoms with Crippen molar-refractivity contribution < 1.29 is 8.78 Å². The third-order valence-electron chi connectivity index (χ3n) is 2.85. The summed E-state index contributed by atoms with van der Waals surface area (Å²) in [5.41, 5.74) is 2.86. The van der Waals surface area contributed by atoms with Crippen LogP contribution in [0.1, 0.15) is 26.3 Å². The molecule has 0 bridgehead atoms. The molecule has 1 atom stereocenters. The van der Waals surface area contributed by atoms with Crippen molar-refractivity contribution in [2.75, 3.05) is 6.54 Å². The van der Waals surface area contributed by atoms with Gasteiger partial charge in [-0.05, 0) is 22.0 Å². The maximum Gasteiger partial charge on any atom is 0.155 e. The van der Waals surface area contributed by atoms with Crippen molar-refractivity contribution in [3.63, 3.8) is 0 Å². The maximum absolute atomic E-state index is 14.8. The Morgan fingerprint density at radius 3 is 2.31 bits per heavy atom. The molecule has 2 N–H and O–H groups in total. The molecule has 1 rings (SSSR count). The Hall–Kier alpha value is -0.480. The van der Waals surface area contributed by atoms with Crippen LogP contribution in [0.2, 0.25) is 0 Å². The number of nitrogens with two attached hydrogens (primary N) is 1. The molecule has 0 aliphatic heterocycles. The third kappa shape index (κ3) is 2.13. The average molecular weight is 292 g/mol. The summed E-state index contributed by atoms with van der Waals surface area (Å²) in [5.74, 6) is -0.578. The van der Waals surface area contributed by atoms with E-state index in [0.717, 1.165) is 0 Å². The molecule has 1 nitrogen and oxygen atoms in total. The summed E-state index contributed by atoms with van der Waals surface area (Å²) in [6, 6.07) is 4.59. The fourth-order valence-corrected chi connectivity index (χ4v) is 2.00. The smallest absolute Gasteiger partial charge is 0.155 e. The van der Waals surface area contributed by atoms with Crippen LogP contribution >= 0.6 is 15.9 Å². The molecule has 1 unspecified atom stereocenters. The SMILES string of the molecule is CC(C)(C)C(F)(CN)c1cccc(Br)c1F. The monoisotopic (exact) mass is 291 g/mol. The van der Waals surface area contributed by atoms with Gasteiger partial charge in [0.2, 0.25) is 0 Å². The van der Waals surface area contributed by atoms with E-state index in [1.807, 2.05) is 0 Å². The van der Waals surface area contributed by atoms with Crippen LogP contribution in [0.4, 0.5) is 8.78 Å². The minimum absolute atomic E-state index is 0.0110. The highest BCUT2D eigenvalue weighted by Crippen LogP contribution is 2.44. The quantitative estimate of drug-likeness (QED) is 0.882. The Morgan fingerprint density at radius 1 is 1.31 bits per heavy atom. The molecule has 1 aromatic carbocycles. The first-order chi connectivity index (χ1) is 7.24. The van der Waals surface area contributed by atoms with E-state index in [0.29, 0.717) is 0 Å². The molecule has 0 heterocycles. The van der Waals surface area contributed by atoms with Crippen LogP contribution in [0, 0.1) is 11.2 Å². The van der Waals surface area contributed by atoms with E-state index in [-0.39, 0.29) is 16.6 Å². The predicted octanol–water partition coefficient (Wildman–Crippen LogP) is 3.76. The summed E-state index contributed by atoms with van der Waals surface area (Å²) in [5, 5.41) is 0. The van der Waals surface area contributed by atoms with Gasteiger partial charge in [0.05, 0.1) is 4.47 Å². The van der Waals surface area contributed by atoms with Crippen molar-refractivity contribution in [3.05, 3.63) is 34.1 Å². The number of alkyl halides is 1. The Morgan fingerprint density at radius 2 is 1.88 bits per heavy atom. The number of hydrogen-bond acceptors (Lipinski definition) is 1. The van der Waals surface area contributed by atoms with Gasteiger partial charge in [0.25, 0.3) is 0 Å². The normalized spacial score (nSPS) is 15.9. The van der Waals surface area contributed by atoms with Gasteiger partial charge in [-0.2, -0.15) is 0 Å². The van der Waals surface area contributed by atoms with Crippen LogP contribution < -0.4 is 5.73 Å². The van der Waals surface area contributed by atoms with Gasteiger partial charge in [-0.1, -0.05) is 32.9 Å². The van der Waals surface area contributed by atoms with Gasteiger partial charge in [-0.15, -0.1) is 0 Å². The molecule has 0 spiro atoms. The van der Waals surface area contributed by atoms with E-state index in [2.05, 4.69) is 15.9 Å². The summed E-state index contributed by atoms with van der Waals surface area (Å²) < 4.78 is 28.9. The number of benzene rings is 1. The molecule has 0 saturated heterocycles. The van der Waals surface area contributed by atoms with Crippen LogP contribution in [0.25, 0.3) is 0 Å². The highest BCUT2D eigenvalue weighted by Gasteiger charge is 2.44. The van der Waals surface area contributed by atoms with Crippen molar-refractivity contribution in [2.24, 2.45) is 11.1 Å². The Bertz CT molecular complexity index is 387. The number of halogens is 3. The lowest BCUT2D eigenvalue weighted by Crippen LogP contribution is -2.43. The van der Waals surface area contributed by atoms with E-state index >= 15 is 0 Å². The third-order valence-corrected chi connectivity index (χ3v) is 3.46. The van der Waals surface area contributed by atoms with Crippen molar-refractivity contribution >= 4 is 15.9 Å². The minimum atomic E-state index is -1.87. The van der Waals surface area contributed by atoms with Gasteiger partial charge in [0.1, 0.15) is 5.82 Å².